The summed E-state index contributed by atoms with van der Waals surface area (Å²) < 4.78 is 9.53. The molecule has 0 unspecified atom stereocenters. The Morgan fingerprint density at radius 2 is 1.91 bits per heavy atom. The summed E-state index contributed by atoms with van der Waals surface area (Å²) in [5.74, 6) is -2.74. The van der Waals surface area contributed by atoms with E-state index in [4.69, 9.17) is 14.6 Å². The molecular weight excluding hydrogens is 292 g/mol. The van der Waals surface area contributed by atoms with Crippen molar-refractivity contribution in [1.29, 1.82) is 0 Å². The highest BCUT2D eigenvalue weighted by Gasteiger charge is 2.21. The predicted molar refractivity (Wildman–Crippen MR) is 75.6 cm³/mol. The zero-order chi connectivity index (χ0) is 16.5. The van der Waals surface area contributed by atoms with E-state index in [1.54, 1.807) is 0 Å². The van der Waals surface area contributed by atoms with Gasteiger partial charge in [0.2, 0.25) is 0 Å². The normalized spacial score (nSPS) is 9.86. The Morgan fingerprint density at radius 1 is 1.18 bits per heavy atom. The van der Waals surface area contributed by atoms with Gasteiger partial charge in [0.1, 0.15) is 6.61 Å². The van der Waals surface area contributed by atoms with Gasteiger partial charge in [-0.2, -0.15) is 0 Å². The molecule has 0 fully saturated rings. The molecule has 1 rings (SSSR count). The summed E-state index contributed by atoms with van der Waals surface area (Å²) in [6, 6.07) is 4.35. The molecule has 22 heavy (non-hydrogen) atoms. The molecular formula is C15H16O7. The third kappa shape index (κ3) is 4.71. The number of aliphatic hydroxyl groups excluding tert-OH is 1. The van der Waals surface area contributed by atoms with Crippen LogP contribution in [0.25, 0.3) is 0 Å². The van der Waals surface area contributed by atoms with E-state index in [2.05, 4.69) is 6.58 Å². The molecule has 0 saturated carbocycles. The van der Waals surface area contributed by atoms with Crippen molar-refractivity contribution in [2.45, 2.75) is 6.42 Å². The van der Waals surface area contributed by atoms with Gasteiger partial charge >= 0.3 is 17.9 Å². The van der Waals surface area contributed by atoms with Crippen LogP contribution < -0.4 is 0 Å². The maximum Gasteiger partial charge on any atom is 0.339 e. The quantitative estimate of drug-likeness (QED) is 0.540. The lowest BCUT2D eigenvalue weighted by Gasteiger charge is -2.11. The maximum absolute atomic E-state index is 11.8. The molecule has 0 amide bonds. The fraction of sp³-hybridized carbons (Fsp3) is 0.267. The molecule has 0 aromatic heterocycles. The summed E-state index contributed by atoms with van der Waals surface area (Å²) in [7, 11) is 0. The molecule has 0 aliphatic heterocycles. The number of hydrogen-bond acceptors (Lipinski definition) is 6. The van der Waals surface area contributed by atoms with E-state index in [0.29, 0.717) is 5.56 Å². The lowest BCUT2D eigenvalue weighted by Crippen LogP contribution is -2.16. The third-order valence-corrected chi connectivity index (χ3v) is 2.69. The van der Waals surface area contributed by atoms with E-state index < -0.39 is 17.9 Å². The Kier molecular flexibility index (Phi) is 6.78. The minimum atomic E-state index is -1.29. The minimum absolute atomic E-state index is 0.0414. The Balaban J connectivity index is 2.97. The maximum atomic E-state index is 11.8. The Morgan fingerprint density at radius 3 is 2.50 bits per heavy atom. The van der Waals surface area contributed by atoms with Crippen LogP contribution in [-0.4, -0.2) is 47.9 Å². The standard InChI is InChI=1S/C15H16O7/c1-2-12(17)21-8-6-10-4-3-5-11(13(10)14(18)19)15(20)22-9-7-16/h2-5,16H,1,6-9H2,(H,18,19). The first kappa shape index (κ1) is 17.4. The number of esters is 2. The highest BCUT2D eigenvalue weighted by Crippen LogP contribution is 2.17. The molecule has 0 saturated heterocycles. The molecule has 7 heteroatoms. The molecule has 0 aliphatic carbocycles. The number of carbonyl (C=O) groups excluding carboxylic acids is 2. The highest BCUT2D eigenvalue weighted by molar-refractivity contribution is 6.03. The van der Waals surface area contributed by atoms with Gasteiger partial charge in [-0.15, -0.1) is 0 Å². The van der Waals surface area contributed by atoms with Crippen LogP contribution in [0.4, 0.5) is 0 Å². The van der Waals surface area contributed by atoms with Gasteiger partial charge in [0, 0.05) is 12.5 Å². The smallest absolute Gasteiger partial charge is 0.339 e. The van der Waals surface area contributed by atoms with Crippen molar-refractivity contribution in [1.82, 2.24) is 0 Å². The van der Waals surface area contributed by atoms with E-state index in [9.17, 15) is 19.5 Å². The number of carboxylic acids is 1. The van der Waals surface area contributed by atoms with E-state index >= 15 is 0 Å². The van der Waals surface area contributed by atoms with Gasteiger partial charge in [-0.05, 0) is 11.6 Å². The van der Waals surface area contributed by atoms with E-state index in [1.165, 1.54) is 18.2 Å². The van der Waals surface area contributed by atoms with E-state index in [0.717, 1.165) is 6.08 Å². The fourth-order valence-corrected chi connectivity index (χ4v) is 1.77. The van der Waals surface area contributed by atoms with Crippen LogP contribution in [0.1, 0.15) is 26.3 Å². The first-order valence-corrected chi connectivity index (χ1v) is 6.43. The molecule has 0 heterocycles. The average molecular weight is 308 g/mol. The third-order valence-electron chi connectivity index (χ3n) is 2.69. The second-order valence-corrected chi connectivity index (χ2v) is 4.13. The van der Waals surface area contributed by atoms with Gasteiger partial charge in [-0.3, -0.25) is 0 Å². The number of carbonyl (C=O) groups is 3. The summed E-state index contributed by atoms with van der Waals surface area (Å²) in [6.45, 7) is 2.63. The largest absolute Gasteiger partial charge is 0.478 e. The number of aromatic carboxylic acids is 1. The topological polar surface area (TPSA) is 110 Å². The van der Waals surface area contributed by atoms with Crippen molar-refractivity contribution in [2.75, 3.05) is 19.8 Å². The average Bonchev–Trinajstić information content (AvgIpc) is 2.51. The second-order valence-electron chi connectivity index (χ2n) is 4.13. The molecule has 0 aliphatic rings. The van der Waals surface area contributed by atoms with Crippen LogP contribution >= 0.6 is 0 Å². The summed E-state index contributed by atoms with van der Waals surface area (Å²) >= 11 is 0. The molecule has 118 valence electrons. The lowest BCUT2D eigenvalue weighted by molar-refractivity contribution is -0.137. The minimum Gasteiger partial charge on any atom is -0.478 e. The highest BCUT2D eigenvalue weighted by atomic mass is 16.5. The van der Waals surface area contributed by atoms with Crippen LogP contribution in [0, 0.1) is 0 Å². The van der Waals surface area contributed by atoms with E-state index in [-0.39, 0.29) is 37.4 Å². The van der Waals surface area contributed by atoms with Gasteiger partial charge in [0.25, 0.3) is 0 Å². The van der Waals surface area contributed by atoms with Gasteiger partial charge in [-0.25, -0.2) is 14.4 Å². The number of carboxylic acid groups (broad SMARTS) is 1. The van der Waals surface area contributed by atoms with Crippen molar-refractivity contribution < 1.29 is 34.1 Å². The van der Waals surface area contributed by atoms with Crippen molar-refractivity contribution in [3.63, 3.8) is 0 Å². The molecule has 2 N–H and O–H groups in total. The Hall–Kier alpha value is -2.67. The SMILES string of the molecule is C=CC(=O)OCCc1cccc(C(=O)OCCO)c1C(=O)O. The van der Waals surface area contributed by atoms with Crippen molar-refractivity contribution in [2.24, 2.45) is 0 Å². The molecule has 1 aromatic rings. The summed E-state index contributed by atoms with van der Waals surface area (Å²) in [5.41, 5.74) is 0.0106. The summed E-state index contributed by atoms with van der Waals surface area (Å²) in [5, 5.41) is 17.9. The van der Waals surface area contributed by atoms with Gasteiger partial charge in [-0.1, -0.05) is 18.7 Å². The fourth-order valence-electron chi connectivity index (χ4n) is 1.77. The van der Waals surface area contributed by atoms with Crippen molar-refractivity contribution >= 4 is 17.9 Å². The van der Waals surface area contributed by atoms with E-state index in [1.807, 2.05) is 0 Å². The number of ether oxygens (including phenoxy) is 2. The summed E-state index contributed by atoms with van der Waals surface area (Å²) in [6.07, 6.45) is 1.13. The molecule has 7 nitrogen and oxygen atoms in total. The van der Waals surface area contributed by atoms with Gasteiger partial charge in [0.15, 0.2) is 0 Å². The molecule has 0 radical (unpaired) electrons. The van der Waals surface area contributed by atoms with Gasteiger partial charge in [0.05, 0.1) is 24.3 Å². The van der Waals surface area contributed by atoms with Crippen molar-refractivity contribution in [3.05, 3.63) is 47.5 Å². The lowest BCUT2D eigenvalue weighted by atomic mass is 9.99. The first-order chi connectivity index (χ1) is 10.5. The Bertz CT molecular complexity index is 577. The van der Waals surface area contributed by atoms with Crippen LogP contribution in [0.3, 0.4) is 0 Å². The zero-order valence-corrected chi connectivity index (χ0v) is 11.8. The van der Waals surface area contributed by atoms with Crippen LogP contribution in [0.15, 0.2) is 30.9 Å². The van der Waals surface area contributed by atoms with Crippen LogP contribution in [0.2, 0.25) is 0 Å². The van der Waals surface area contributed by atoms with Crippen molar-refractivity contribution in [3.8, 4) is 0 Å². The molecule has 0 atom stereocenters. The molecule has 0 spiro atoms. The molecule has 1 aromatic carbocycles. The summed E-state index contributed by atoms with van der Waals surface area (Å²) in [4.78, 5) is 34.2. The zero-order valence-electron chi connectivity index (χ0n) is 11.8. The first-order valence-electron chi connectivity index (χ1n) is 6.43. The molecule has 0 bridgehead atoms. The predicted octanol–water partition coefficient (Wildman–Crippen LogP) is 0.806. The number of aliphatic hydroxyl groups is 1. The number of hydrogen-bond donors (Lipinski definition) is 2. The monoisotopic (exact) mass is 308 g/mol. The number of rotatable bonds is 8. The van der Waals surface area contributed by atoms with Crippen LogP contribution in [0.5, 0.6) is 0 Å². The van der Waals surface area contributed by atoms with Crippen LogP contribution in [-0.2, 0) is 20.7 Å². The Labute approximate surface area is 126 Å². The van der Waals surface area contributed by atoms with Gasteiger partial charge < -0.3 is 19.7 Å². The second kappa shape index (κ2) is 8.58. The number of benzene rings is 1.